The van der Waals surface area contributed by atoms with E-state index in [0.29, 0.717) is 51.5 Å². The number of nitrogens with zero attached hydrogens (tertiary/aromatic N) is 8. The molecule has 10 heterocycles. The predicted molar refractivity (Wildman–Crippen MR) is 304 cm³/mol. The zero-order valence-electron chi connectivity index (χ0n) is 47.7. The molecule has 8 fully saturated rings. The van der Waals surface area contributed by atoms with Crippen LogP contribution in [0.4, 0.5) is 5.69 Å². The number of pyridine rings is 1. The fraction of sp³-hybridized carbons (Fsp3) is 0.639. The van der Waals surface area contributed by atoms with E-state index in [1.165, 1.54) is 19.2 Å². The van der Waals surface area contributed by atoms with Crippen LogP contribution in [0.3, 0.4) is 0 Å². The molecule has 9 aliphatic rings. The molecule has 0 unspecified atom stereocenters. The summed E-state index contributed by atoms with van der Waals surface area (Å²) in [5.41, 5.74) is 11.2. The van der Waals surface area contributed by atoms with Crippen molar-refractivity contribution in [3.05, 3.63) is 70.5 Å². The number of rotatable bonds is 13. The van der Waals surface area contributed by atoms with Crippen molar-refractivity contribution in [3.63, 3.8) is 0 Å². The largest absolute Gasteiger partial charge is 0.464 e. The van der Waals surface area contributed by atoms with Gasteiger partial charge in [-0.25, -0.2) is 15.4 Å². The number of aromatic nitrogens is 4. The number of esters is 1. The molecule has 19 heteroatoms. The number of carbonyl (C=O) groups excluding carboxylic acids is 3. The van der Waals surface area contributed by atoms with Gasteiger partial charge in [-0.05, 0) is 108 Å². The van der Waals surface area contributed by atoms with E-state index in [-0.39, 0.29) is 60.0 Å². The molecule has 8 bridgehead atoms. The fourth-order valence-corrected chi connectivity index (χ4v) is 15.3. The van der Waals surface area contributed by atoms with Gasteiger partial charge in [0, 0.05) is 123 Å². The van der Waals surface area contributed by atoms with Crippen molar-refractivity contribution in [2.45, 2.75) is 160 Å². The smallest absolute Gasteiger partial charge is 0.324 e. The number of hydrogen-bond acceptors (Lipinski definition) is 16. The summed E-state index contributed by atoms with van der Waals surface area (Å²) in [7, 11) is 1.75. The first-order valence-corrected chi connectivity index (χ1v) is 30.5. The van der Waals surface area contributed by atoms with Gasteiger partial charge < -0.3 is 38.1 Å². The van der Waals surface area contributed by atoms with Gasteiger partial charge in [-0.2, -0.15) is 0 Å². The molecule has 2 N–H and O–H groups in total. The molecule has 0 radical (unpaired) electrons. The summed E-state index contributed by atoms with van der Waals surface area (Å²) in [5, 5.41) is 8.86. The van der Waals surface area contributed by atoms with E-state index in [2.05, 4.69) is 99.3 Å². The Hall–Kier alpha value is -5.28. The highest BCUT2D eigenvalue weighted by Gasteiger charge is 2.56. The molecule has 0 spiro atoms. The Morgan fingerprint density at radius 1 is 1.01 bits per heavy atom. The van der Waals surface area contributed by atoms with Crippen LogP contribution in [0.15, 0.2) is 52.9 Å². The molecule has 18 nitrogen and oxygen atoms in total. The van der Waals surface area contributed by atoms with Crippen LogP contribution in [0.2, 0.25) is 0 Å². The second kappa shape index (κ2) is 21.5. The van der Waals surface area contributed by atoms with Gasteiger partial charge in [-0.1, -0.05) is 26.8 Å². The van der Waals surface area contributed by atoms with Gasteiger partial charge in [0.15, 0.2) is 6.39 Å². The minimum absolute atomic E-state index is 0.0143. The lowest BCUT2D eigenvalue weighted by atomic mass is 9.84. The Morgan fingerprint density at radius 2 is 1.84 bits per heavy atom. The number of fused-ring (bicyclic) bond motifs is 7. The monoisotopic (exact) mass is 1110 g/mol. The van der Waals surface area contributed by atoms with Crippen LogP contribution < -0.4 is 15.6 Å². The summed E-state index contributed by atoms with van der Waals surface area (Å²) in [6.45, 7) is 19.7. The Labute approximate surface area is 473 Å². The van der Waals surface area contributed by atoms with E-state index >= 15 is 4.79 Å². The molecule has 428 valence electrons. The van der Waals surface area contributed by atoms with Crippen LogP contribution in [-0.2, 0) is 46.3 Å². The van der Waals surface area contributed by atoms with E-state index in [0.717, 1.165) is 126 Å². The van der Waals surface area contributed by atoms with E-state index in [1.54, 1.807) is 29.7 Å². The highest BCUT2D eigenvalue weighted by atomic mass is 32.1. The molecular formula is C61H80N10O8S. The maximum absolute atomic E-state index is 15.4. The van der Waals surface area contributed by atoms with Crippen molar-refractivity contribution in [3.8, 4) is 22.5 Å². The standard InChI is InChI=1S/C61H80N10O8S/c1-35-50(47-31-76-34-63-47)51(35)56(72)65-53-55(70-30-37-23-40(70)24-37)57-64-48(32-80-57)38-10-13-49-43(25-38)45(28-60(3,4)33-78-59(74)46-9-8-15-71(66-46)58(53)73)54(69(49)20-22-77-42-14-21-79-61(5,6)27-42)44-26-41(29-62-52(44)36(2)75-7)68-18-16-67(17-19-68)39-11-12-39/h10,13,25-26,29,31-32,34-37,39-40,42,46,50-51,53,55,66H,8-9,11-12,14-24,27-28,30,33H2,1-7H3,(H,65,72)/t35-,36-,37?,40?,42-,46-,50-,51+,53-,55-/m0/s1. The van der Waals surface area contributed by atoms with E-state index in [4.69, 9.17) is 33.3 Å². The Morgan fingerprint density at radius 3 is 2.58 bits per heavy atom. The first kappa shape index (κ1) is 54.0. The number of carbonyl (C=O) groups is 3. The maximum atomic E-state index is 15.4. The molecule has 14 rings (SSSR count). The second-order valence-electron chi connectivity index (χ2n) is 25.8. The van der Waals surface area contributed by atoms with Crippen molar-refractivity contribution in [2.24, 2.45) is 23.2 Å². The molecule has 5 aromatic rings. The Kier molecular flexibility index (Phi) is 14.5. The summed E-state index contributed by atoms with van der Waals surface area (Å²) in [6, 6.07) is 7.71. The predicted octanol–water partition coefficient (Wildman–Crippen LogP) is 8.07. The van der Waals surface area contributed by atoms with Gasteiger partial charge in [-0.15, -0.1) is 11.3 Å². The zero-order valence-corrected chi connectivity index (χ0v) is 48.5. The van der Waals surface area contributed by atoms with Crippen molar-refractivity contribution in [1.29, 1.82) is 0 Å². The molecule has 4 aromatic heterocycles. The highest BCUT2D eigenvalue weighted by Crippen LogP contribution is 2.54. The topological polar surface area (TPSA) is 182 Å². The number of hydrazine groups is 1. The lowest BCUT2D eigenvalue weighted by Crippen LogP contribution is -2.62. The molecule has 8 atom stereocenters. The number of ether oxygens (including phenoxy) is 4. The third-order valence-electron chi connectivity index (χ3n) is 19.1. The fourth-order valence-electron chi connectivity index (χ4n) is 14.3. The Balaban J connectivity index is 0.945. The number of amides is 2. The average molecular weight is 1110 g/mol. The number of oxazole rings is 1. The van der Waals surface area contributed by atoms with Gasteiger partial charge in [-0.3, -0.25) is 34.2 Å². The molecular weight excluding hydrogens is 1030 g/mol. The summed E-state index contributed by atoms with van der Waals surface area (Å²) in [4.78, 5) is 67.4. The number of hydrogen-bond donors (Lipinski definition) is 2. The minimum Gasteiger partial charge on any atom is -0.464 e. The van der Waals surface area contributed by atoms with Crippen molar-refractivity contribution >= 4 is 45.7 Å². The van der Waals surface area contributed by atoms with Gasteiger partial charge in [0.1, 0.15) is 23.4 Å². The first-order chi connectivity index (χ1) is 38.6. The van der Waals surface area contributed by atoms with Crippen LogP contribution in [0, 0.1) is 23.2 Å². The molecule has 2 amide bonds. The Bertz CT molecular complexity index is 3100. The van der Waals surface area contributed by atoms with Crippen LogP contribution in [0.1, 0.15) is 133 Å². The van der Waals surface area contributed by atoms with Gasteiger partial charge in [0.2, 0.25) is 5.91 Å². The zero-order chi connectivity index (χ0) is 55.2. The highest BCUT2D eigenvalue weighted by molar-refractivity contribution is 7.10. The van der Waals surface area contributed by atoms with Crippen molar-refractivity contribution < 1.29 is 37.7 Å². The lowest BCUT2D eigenvalue weighted by Gasteiger charge is -2.40. The SMILES string of the molecule is CO[C@@H](C)c1ncc(N2CCN(C3CC3)CC2)cc1-c1c2c3cc(ccc3n1CCO[C@H]1CCOC(C)(C)C1)-c1csc(n1)[C@@H](N1CC3CC1C3)[C@H](NC(=O)[C@@H]1[C@@H](C)[C@H]1c1cocn1)C(=O)N1CCC[C@H](N1)C(=O)OCC(C)(C)C2. The van der Waals surface area contributed by atoms with Gasteiger partial charge in [0.25, 0.3) is 5.91 Å². The first-order valence-electron chi connectivity index (χ1n) is 29.7. The lowest BCUT2D eigenvalue weighted by molar-refractivity contribution is -0.156. The summed E-state index contributed by atoms with van der Waals surface area (Å²) in [6.07, 6.45) is 12.8. The van der Waals surface area contributed by atoms with E-state index in [9.17, 15) is 9.59 Å². The molecule has 3 saturated carbocycles. The molecule has 5 saturated heterocycles. The van der Waals surface area contributed by atoms with Crippen LogP contribution >= 0.6 is 11.3 Å². The average Bonchev–Trinajstić information content (AvgIpc) is 3.95. The summed E-state index contributed by atoms with van der Waals surface area (Å²) in [5.74, 6) is -0.863. The summed E-state index contributed by atoms with van der Waals surface area (Å²) < 4.78 is 33.3. The number of piperazine rings is 1. The third kappa shape index (κ3) is 10.5. The van der Waals surface area contributed by atoms with Gasteiger partial charge >= 0.3 is 5.97 Å². The number of methoxy groups -OCH3 is 1. The van der Waals surface area contributed by atoms with E-state index < -0.39 is 29.5 Å². The van der Waals surface area contributed by atoms with Crippen molar-refractivity contribution in [2.75, 3.05) is 71.1 Å². The number of thiazole rings is 1. The summed E-state index contributed by atoms with van der Waals surface area (Å²) >= 11 is 1.54. The van der Waals surface area contributed by atoms with Crippen LogP contribution in [-0.4, -0.2) is 154 Å². The quantitative estimate of drug-likeness (QED) is 0.108. The maximum Gasteiger partial charge on any atom is 0.324 e. The number of cyclic esters (lactones) is 1. The minimum atomic E-state index is -0.998. The van der Waals surface area contributed by atoms with Gasteiger partial charge in [0.05, 0.1) is 71.7 Å². The molecule has 6 aliphatic heterocycles. The van der Waals surface area contributed by atoms with Crippen LogP contribution in [0.5, 0.6) is 0 Å². The van der Waals surface area contributed by atoms with Crippen LogP contribution in [0.25, 0.3) is 33.4 Å². The number of anilines is 1. The number of nitrogens with one attached hydrogen (secondary N) is 2. The molecule has 1 aromatic carbocycles. The molecule has 3 aliphatic carbocycles. The number of benzene rings is 1. The third-order valence-corrected chi connectivity index (χ3v) is 20.0. The van der Waals surface area contributed by atoms with Crippen molar-refractivity contribution in [1.82, 2.24) is 45.1 Å². The van der Waals surface area contributed by atoms with E-state index in [1.807, 2.05) is 13.1 Å². The molecule has 80 heavy (non-hydrogen) atoms. The second-order valence-corrected chi connectivity index (χ2v) is 26.7. The normalized spacial score (nSPS) is 30.2.